The average Bonchev–Trinajstić information content (AvgIpc) is 1.84. The van der Waals surface area contributed by atoms with E-state index in [-0.39, 0.29) is 0 Å². The Morgan fingerprint density at radius 2 is 2.00 bits per heavy atom. The molecule has 0 aliphatic heterocycles. The van der Waals surface area contributed by atoms with Crippen molar-refractivity contribution in [3.63, 3.8) is 0 Å². The van der Waals surface area contributed by atoms with Gasteiger partial charge in [0.2, 0.25) is 0 Å². The largest absolute Gasteiger partial charge is 0.393 e. The van der Waals surface area contributed by atoms with Gasteiger partial charge in [0.1, 0.15) is 6.10 Å². The molecule has 3 atom stereocenters. The lowest BCUT2D eigenvalue weighted by Gasteiger charge is -2.00. The Balaban J connectivity index is 3.44. The standard InChI is InChI=1S/C3H7O4P/c4-1-2(5)3(6)8-7/h2-6H,1H2/p+1. The van der Waals surface area contributed by atoms with Crippen LogP contribution in [0.3, 0.4) is 0 Å². The summed E-state index contributed by atoms with van der Waals surface area (Å²) < 4.78 is 9.74. The minimum Gasteiger partial charge on any atom is -0.393 e. The molecule has 3 N–H and O–H groups in total. The fraction of sp³-hybridized carbons (Fsp3) is 1.00. The smallest absolute Gasteiger partial charge is 0.359 e. The summed E-state index contributed by atoms with van der Waals surface area (Å²) >= 11 is 0. The lowest BCUT2D eigenvalue weighted by atomic mass is 10.4. The monoisotopic (exact) mass is 139 g/mol. The van der Waals surface area contributed by atoms with Crippen molar-refractivity contribution >= 4 is 8.46 Å². The van der Waals surface area contributed by atoms with Crippen molar-refractivity contribution in [2.75, 3.05) is 6.61 Å². The van der Waals surface area contributed by atoms with E-state index in [1.165, 1.54) is 0 Å². The first-order valence-corrected chi connectivity index (χ1v) is 3.05. The summed E-state index contributed by atoms with van der Waals surface area (Å²) in [5.74, 6) is -1.31. The Bertz CT molecular complexity index is 75.7. The van der Waals surface area contributed by atoms with Crippen molar-refractivity contribution in [2.24, 2.45) is 0 Å². The highest BCUT2D eigenvalue weighted by Crippen LogP contribution is 2.05. The zero-order valence-corrected chi connectivity index (χ0v) is 5.11. The van der Waals surface area contributed by atoms with Gasteiger partial charge in [-0.2, -0.15) is 0 Å². The van der Waals surface area contributed by atoms with E-state index in [0.717, 1.165) is 0 Å². The molecule has 0 aliphatic carbocycles. The molecule has 0 amide bonds. The van der Waals surface area contributed by atoms with Crippen molar-refractivity contribution in [1.82, 2.24) is 0 Å². The molecule has 0 fully saturated rings. The summed E-state index contributed by atoms with van der Waals surface area (Å²) in [5.41, 5.74) is 0. The molecule has 0 bridgehead atoms. The van der Waals surface area contributed by atoms with E-state index in [0.29, 0.717) is 0 Å². The highest BCUT2D eigenvalue weighted by atomic mass is 31.1. The summed E-state index contributed by atoms with van der Waals surface area (Å²) in [6, 6.07) is 0. The van der Waals surface area contributed by atoms with Gasteiger partial charge in [-0.25, -0.2) is 0 Å². The van der Waals surface area contributed by atoms with Gasteiger partial charge in [0.25, 0.3) is 5.85 Å². The van der Waals surface area contributed by atoms with Crippen LogP contribution in [0.2, 0.25) is 0 Å². The zero-order valence-electron chi connectivity index (χ0n) is 4.11. The zero-order chi connectivity index (χ0) is 6.57. The van der Waals surface area contributed by atoms with Gasteiger partial charge in [-0.05, 0) is 0 Å². The molecule has 3 unspecified atom stereocenters. The second-order valence-corrected chi connectivity index (χ2v) is 2.14. The third-order valence-corrected chi connectivity index (χ3v) is 1.30. The second kappa shape index (κ2) is 3.92. The fourth-order valence-electron chi connectivity index (χ4n) is 0.178. The molecule has 8 heavy (non-hydrogen) atoms. The number of aliphatic hydroxyl groups is 3. The van der Waals surface area contributed by atoms with E-state index in [1.807, 2.05) is 0 Å². The van der Waals surface area contributed by atoms with Crippen LogP contribution in [-0.2, 0) is 4.57 Å². The van der Waals surface area contributed by atoms with E-state index in [2.05, 4.69) is 0 Å². The van der Waals surface area contributed by atoms with E-state index in [9.17, 15) is 4.57 Å². The van der Waals surface area contributed by atoms with Crippen molar-refractivity contribution in [3.05, 3.63) is 0 Å². The van der Waals surface area contributed by atoms with Gasteiger partial charge in [0, 0.05) is 0 Å². The Morgan fingerprint density at radius 1 is 1.50 bits per heavy atom. The minimum absolute atomic E-state index is 0.559. The van der Waals surface area contributed by atoms with E-state index < -0.39 is 27.0 Å². The van der Waals surface area contributed by atoms with Crippen LogP contribution in [0, 0.1) is 0 Å². The molecular weight excluding hydrogens is 131 g/mol. The molecule has 0 aromatic carbocycles. The summed E-state index contributed by atoms with van der Waals surface area (Å²) in [7, 11) is -0.986. The summed E-state index contributed by atoms with van der Waals surface area (Å²) in [4.78, 5) is 0. The molecule has 48 valence electrons. The number of rotatable bonds is 3. The third kappa shape index (κ3) is 2.33. The summed E-state index contributed by atoms with van der Waals surface area (Å²) in [6.45, 7) is -0.559. The second-order valence-electron chi connectivity index (χ2n) is 1.31. The SMILES string of the molecule is O=[PH+]C(O)C(O)CO. The lowest BCUT2D eigenvalue weighted by molar-refractivity contribution is 0.0260. The first-order valence-electron chi connectivity index (χ1n) is 2.07. The first kappa shape index (κ1) is 7.98. The molecule has 5 heteroatoms. The van der Waals surface area contributed by atoms with Crippen LogP contribution in [0.15, 0.2) is 0 Å². The van der Waals surface area contributed by atoms with E-state index in [4.69, 9.17) is 15.3 Å². The molecule has 0 aliphatic rings. The minimum atomic E-state index is -1.31. The normalized spacial score (nSPS) is 18.4. The van der Waals surface area contributed by atoms with Gasteiger partial charge >= 0.3 is 8.46 Å². The van der Waals surface area contributed by atoms with Crippen LogP contribution in [0.25, 0.3) is 0 Å². The molecule has 0 rings (SSSR count). The third-order valence-electron chi connectivity index (χ3n) is 0.672. The molecule has 0 spiro atoms. The number of hydrogen-bond acceptors (Lipinski definition) is 4. The number of hydrogen-bond donors (Lipinski definition) is 3. The van der Waals surface area contributed by atoms with E-state index >= 15 is 0 Å². The van der Waals surface area contributed by atoms with Crippen LogP contribution in [-0.4, -0.2) is 33.9 Å². The molecule has 0 saturated heterocycles. The van der Waals surface area contributed by atoms with Crippen LogP contribution in [0.1, 0.15) is 0 Å². The van der Waals surface area contributed by atoms with Gasteiger partial charge in [-0.1, -0.05) is 4.57 Å². The van der Waals surface area contributed by atoms with Crippen molar-refractivity contribution < 1.29 is 19.9 Å². The highest BCUT2D eigenvalue weighted by molar-refractivity contribution is 7.24. The van der Waals surface area contributed by atoms with Gasteiger partial charge in [0.15, 0.2) is 0 Å². The average molecular weight is 139 g/mol. The maximum Gasteiger partial charge on any atom is 0.359 e. The quantitative estimate of drug-likeness (QED) is 0.424. The van der Waals surface area contributed by atoms with Crippen LogP contribution in [0.4, 0.5) is 0 Å². The summed E-state index contributed by atoms with van der Waals surface area (Å²) in [5, 5.41) is 24.9. The van der Waals surface area contributed by atoms with Gasteiger partial charge in [-0.3, -0.25) is 0 Å². The molecule has 0 aromatic rings. The highest BCUT2D eigenvalue weighted by Gasteiger charge is 2.21. The Labute approximate surface area is 48.0 Å². The predicted octanol–water partition coefficient (Wildman–Crippen LogP) is -1.32. The van der Waals surface area contributed by atoms with Crippen molar-refractivity contribution in [1.29, 1.82) is 0 Å². The Hall–Kier alpha value is -0.0200. The van der Waals surface area contributed by atoms with Crippen molar-refractivity contribution in [2.45, 2.75) is 11.9 Å². The van der Waals surface area contributed by atoms with E-state index in [1.54, 1.807) is 0 Å². The maximum atomic E-state index is 9.74. The lowest BCUT2D eigenvalue weighted by Crippen LogP contribution is -2.23. The topological polar surface area (TPSA) is 77.8 Å². The van der Waals surface area contributed by atoms with Crippen molar-refractivity contribution in [3.8, 4) is 0 Å². The van der Waals surface area contributed by atoms with Gasteiger partial charge < -0.3 is 15.3 Å². The number of aliphatic hydroxyl groups excluding tert-OH is 3. The van der Waals surface area contributed by atoms with Crippen LogP contribution < -0.4 is 0 Å². The molecule has 0 heterocycles. The molecule has 0 aromatic heterocycles. The predicted molar refractivity (Wildman–Crippen MR) is 28.1 cm³/mol. The van der Waals surface area contributed by atoms with Gasteiger partial charge in [0.05, 0.1) is 6.61 Å². The molecule has 4 nitrogen and oxygen atoms in total. The molecular formula is C3H8O4P+. The summed E-state index contributed by atoms with van der Waals surface area (Å²) in [6.07, 6.45) is -1.27. The maximum absolute atomic E-state index is 9.74. The Morgan fingerprint density at radius 3 is 2.12 bits per heavy atom. The fourth-order valence-corrected chi connectivity index (χ4v) is 0.441. The first-order chi connectivity index (χ1) is 3.72. The molecule has 0 saturated carbocycles. The van der Waals surface area contributed by atoms with Crippen LogP contribution in [0.5, 0.6) is 0 Å². The molecule has 0 radical (unpaired) electrons. The Kier molecular flexibility index (Phi) is 3.91. The van der Waals surface area contributed by atoms with Crippen LogP contribution >= 0.6 is 8.46 Å². The van der Waals surface area contributed by atoms with Gasteiger partial charge in [-0.15, -0.1) is 0 Å².